The molecule has 1 aliphatic heterocycles. The lowest BCUT2D eigenvalue weighted by Crippen LogP contribution is -2.32. The number of halogens is 1. The molecule has 0 radical (unpaired) electrons. The molecule has 19 heavy (non-hydrogen) atoms. The lowest BCUT2D eigenvalue weighted by atomic mass is 10.2. The topological polar surface area (TPSA) is 47.1 Å². The van der Waals surface area contributed by atoms with E-state index in [2.05, 4.69) is 21.4 Å². The van der Waals surface area contributed by atoms with E-state index in [1.54, 1.807) is 0 Å². The molecule has 102 valence electrons. The van der Waals surface area contributed by atoms with Gasteiger partial charge in [0, 0.05) is 12.6 Å². The molecule has 0 saturated carbocycles. The molecule has 0 amide bonds. The molecule has 3 rings (SSSR count). The van der Waals surface area contributed by atoms with Crippen molar-refractivity contribution in [3.63, 3.8) is 0 Å². The quantitative estimate of drug-likeness (QED) is 0.939. The Morgan fingerprint density at radius 2 is 2.32 bits per heavy atom. The number of anilines is 1. The van der Waals surface area contributed by atoms with Crippen molar-refractivity contribution in [2.75, 3.05) is 18.8 Å². The lowest BCUT2D eigenvalue weighted by molar-refractivity contribution is 0.246. The summed E-state index contributed by atoms with van der Waals surface area (Å²) < 4.78 is 2.10. The van der Waals surface area contributed by atoms with Gasteiger partial charge in [-0.3, -0.25) is 4.90 Å². The molecule has 1 atom stereocenters. The highest BCUT2D eigenvalue weighted by molar-refractivity contribution is 6.35. The molecule has 1 aliphatic rings. The van der Waals surface area contributed by atoms with Crippen LogP contribution in [0.5, 0.6) is 0 Å². The Morgan fingerprint density at radius 1 is 1.47 bits per heavy atom. The van der Waals surface area contributed by atoms with Crippen LogP contribution in [0, 0.1) is 0 Å². The van der Waals surface area contributed by atoms with Crippen molar-refractivity contribution in [2.24, 2.45) is 0 Å². The van der Waals surface area contributed by atoms with E-state index in [-0.39, 0.29) is 0 Å². The third kappa shape index (κ3) is 2.19. The average molecular weight is 279 g/mol. The first-order valence-electron chi connectivity index (χ1n) is 6.85. The Hall–Kier alpha value is -1.26. The van der Waals surface area contributed by atoms with Gasteiger partial charge in [0.1, 0.15) is 5.52 Å². The van der Waals surface area contributed by atoms with Crippen molar-refractivity contribution in [3.8, 4) is 0 Å². The largest absolute Gasteiger partial charge is 0.369 e. The minimum atomic E-state index is 0.559. The maximum atomic E-state index is 6.17. The second-order valence-corrected chi connectivity index (χ2v) is 5.52. The highest BCUT2D eigenvalue weighted by atomic mass is 35.5. The van der Waals surface area contributed by atoms with Crippen LogP contribution in [0.2, 0.25) is 5.02 Å². The van der Waals surface area contributed by atoms with Gasteiger partial charge in [-0.1, -0.05) is 24.6 Å². The van der Waals surface area contributed by atoms with Crippen LogP contribution in [0.4, 0.5) is 5.95 Å². The fraction of sp³-hybridized carbons (Fsp3) is 0.500. The SMILES string of the molecule is CCN1CCCC1Cn1c(N)nc2c(Cl)cccc21. The summed E-state index contributed by atoms with van der Waals surface area (Å²) in [5.74, 6) is 0.561. The Bertz CT molecular complexity index is 592. The van der Waals surface area contributed by atoms with Gasteiger partial charge in [-0.05, 0) is 38.1 Å². The van der Waals surface area contributed by atoms with Gasteiger partial charge in [0.05, 0.1) is 10.5 Å². The molecule has 4 nitrogen and oxygen atoms in total. The zero-order valence-corrected chi connectivity index (χ0v) is 11.9. The number of imidazole rings is 1. The number of nitrogens with two attached hydrogens (primary N) is 1. The van der Waals surface area contributed by atoms with E-state index in [4.69, 9.17) is 17.3 Å². The van der Waals surface area contributed by atoms with E-state index in [0.29, 0.717) is 17.0 Å². The minimum Gasteiger partial charge on any atom is -0.369 e. The molecular formula is C14H19ClN4. The molecule has 1 fully saturated rings. The maximum absolute atomic E-state index is 6.17. The normalized spacial score (nSPS) is 20.4. The van der Waals surface area contributed by atoms with Crippen molar-refractivity contribution < 1.29 is 0 Å². The Kier molecular flexibility index (Phi) is 3.37. The Morgan fingerprint density at radius 3 is 3.11 bits per heavy atom. The van der Waals surface area contributed by atoms with Crippen molar-refractivity contribution in [2.45, 2.75) is 32.4 Å². The van der Waals surface area contributed by atoms with E-state index in [9.17, 15) is 0 Å². The standard InChI is InChI=1S/C14H19ClN4/c1-2-18-8-4-5-10(18)9-19-12-7-3-6-11(15)13(12)17-14(19)16/h3,6-7,10H,2,4-5,8-9H2,1H3,(H2,16,17). The number of hydrogen-bond donors (Lipinski definition) is 1. The number of fused-ring (bicyclic) bond motifs is 1. The third-order valence-electron chi connectivity index (χ3n) is 4.06. The first kappa shape index (κ1) is 12.8. The van der Waals surface area contributed by atoms with E-state index in [1.807, 2.05) is 18.2 Å². The zero-order valence-electron chi connectivity index (χ0n) is 11.1. The van der Waals surface area contributed by atoms with Gasteiger partial charge in [-0.15, -0.1) is 0 Å². The van der Waals surface area contributed by atoms with Crippen molar-refractivity contribution in [1.82, 2.24) is 14.5 Å². The lowest BCUT2D eigenvalue weighted by Gasteiger charge is -2.23. The first-order valence-corrected chi connectivity index (χ1v) is 7.22. The highest BCUT2D eigenvalue weighted by Gasteiger charge is 2.24. The number of para-hydroxylation sites is 1. The molecule has 5 heteroatoms. The number of likely N-dealkylation sites (tertiary alicyclic amines) is 1. The van der Waals surface area contributed by atoms with E-state index in [1.165, 1.54) is 19.4 Å². The van der Waals surface area contributed by atoms with Crippen molar-refractivity contribution in [3.05, 3.63) is 23.2 Å². The molecule has 0 aliphatic carbocycles. The molecule has 0 spiro atoms. The monoisotopic (exact) mass is 278 g/mol. The van der Waals surface area contributed by atoms with Gasteiger partial charge in [-0.25, -0.2) is 4.98 Å². The smallest absolute Gasteiger partial charge is 0.201 e. The summed E-state index contributed by atoms with van der Waals surface area (Å²) in [6.07, 6.45) is 2.50. The fourth-order valence-corrected chi connectivity index (χ4v) is 3.26. The van der Waals surface area contributed by atoms with Crippen LogP contribution in [-0.2, 0) is 6.54 Å². The number of nitrogens with zero attached hydrogens (tertiary/aromatic N) is 3. The van der Waals surface area contributed by atoms with Gasteiger partial charge in [0.2, 0.25) is 5.95 Å². The Labute approximate surface area is 118 Å². The molecule has 1 aromatic carbocycles. The van der Waals surface area contributed by atoms with E-state index < -0.39 is 0 Å². The molecule has 1 aromatic heterocycles. The molecule has 0 bridgehead atoms. The molecule has 2 heterocycles. The van der Waals surface area contributed by atoms with Crippen LogP contribution in [0.25, 0.3) is 11.0 Å². The van der Waals surface area contributed by atoms with Crippen LogP contribution >= 0.6 is 11.6 Å². The Balaban J connectivity index is 1.96. The van der Waals surface area contributed by atoms with Crippen LogP contribution in [0.15, 0.2) is 18.2 Å². The second kappa shape index (κ2) is 5.02. The zero-order chi connectivity index (χ0) is 13.4. The minimum absolute atomic E-state index is 0.559. The average Bonchev–Trinajstić information content (AvgIpc) is 2.97. The van der Waals surface area contributed by atoms with Crippen molar-refractivity contribution >= 4 is 28.6 Å². The van der Waals surface area contributed by atoms with Crippen LogP contribution < -0.4 is 5.73 Å². The van der Waals surface area contributed by atoms with E-state index >= 15 is 0 Å². The van der Waals surface area contributed by atoms with E-state index in [0.717, 1.165) is 24.1 Å². The van der Waals surface area contributed by atoms with Gasteiger partial charge >= 0.3 is 0 Å². The molecule has 1 unspecified atom stereocenters. The number of likely N-dealkylation sites (N-methyl/N-ethyl adjacent to an activating group) is 1. The summed E-state index contributed by atoms with van der Waals surface area (Å²) in [6.45, 7) is 5.40. The summed E-state index contributed by atoms with van der Waals surface area (Å²) in [5.41, 5.74) is 7.91. The summed E-state index contributed by atoms with van der Waals surface area (Å²) >= 11 is 6.17. The third-order valence-corrected chi connectivity index (χ3v) is 4.36. The van der Waals surface area contributed by atoms with Crippen LogP contribution in [0.1, 0.15) is 19.8 Å². The molecular weight excluding hydrogens is 260 g/mol. The predicted molar refractivity (Wildman–Crippen MR) is 79.4 cm³/mol. The van der Waals surface area contributed by atoms with Gasteiger partial charge in [0.15, 0.2) is 0 Å². The van der Waals surface area contributed by atoms with Crippen LogP contribution in [0.3, 0.4) is 0 Å². The number of benzene rings is 1. The number of hydrogen-bond acceptors (Lipinski definition) is 3. The van der Waals surface area contributed by atoms with Gasteiger partial charge in [0.25, 0.3) is 0 Å². The van der Waals surface area contributed by atoms with Gasteiger partial charge in [-0.2, -0.15) is 0 Å². The summed E-state index contributed by atoms with van der Waals surface area (Å²) in [4.78, 5) is 6.91. The van der Waals surface area contributed by atoms with Crippen LogP contribution in [-0.4, -0.2) is 33.6 Å². The molecule has 2 aromatic rings. The number of rotatable bonds is 3. The highest BCUT2D eigenvalue weighted by Crippen LogP contribution is 2.27. The first-order chi connectivity index (χ1) is 9.20. The predicted octanol–water partition coefficient (Wildman–Crippen LogP) is 2.76. The summed E-state index contributed by atoms with van der Waals surface area (Å²) in [5, 5.41) is 0.668. The second-order valence-electron chi connectivity index (χ2n) is 5.11. The number of aromatic nitrogens is 2. The summed E-state index contributed by atoms with van der Waals surface area (Å²) in [7, 11) is 0. The molecule has 1 saturated heterocycles. The number of nitrogen functional groups attached to an aromatic ring is 1. The maximum Gasteiger partial charge on any atom is 0.201 e. The summed E-state index contributed by atoms with van der Waals surface area (Å²) in [6, 6.07) is 6.41. The van der Waals surface area contributed by atoms with Gasteiger partial charge < -0.3 is 10.3 Å². The van der Waals surface area contributed by atoms with Crippen molar-refractivity contribution in [1.29, 1.82) is 0 Å². The fourth-order valence-electron chi connectivity index (χ4n) is 3.05. The molecule has 2 N–H and O–H groups in total.